The Morgan fingerprint density at radius 3 is 2.31 bits per heavy atom. The van der Waals surface area contributed by atoms with Gasteiger partial charge in [0.25, 0.3) is 0 Å². The first-order valence-corrected chi connectivity index (χ1v) is 12.6. The molecule has 0 bridgehead atoms. The Labute approximate surface area is 221 Å². The lowest BCUT2D eigenvalue weighted by atomic mass is 9.53. The second kappa shape index (κ2) is 8.51. The number of phenolic OH excluding ortho intramolecular Hbond substituents is 1. The van der Waals surface area contributed by atoms with Crippen LogP contribution in [0.5, 0.6) is 5.75 Å². The van der Waals surface area contributed by atoms with Crippen molar-refractivity contribution in [1.29, 1.82) is 0 Å². The van der Waals surface area contributed by atoms with Crippen molar-refractivity contribution in [2.75, 3.05) is 0 Å². The van der Waals surface area contributed by atoms with Crippen molar-refractivity contribution >= 4 is 46.1 Å². The molecular formula is C30H23NO8. The molecule has 0 aliphatic heterocycles. The zero-order valence-corrected chi connectivity index (χ0v) is 20.5. The van der Waals surface area contributed by atoms with Crippen molar-refractivity contribution in [3.05, 3.63) is 65.2 Å². The number of Topliss-reactive ketones (excluding diaryl/α,β-unsaturated/α-hetero) is 4. The zero-order valence-electron chi connectivity index (χ0n) is 20.5. The maximum atomic E-state index is 13.8. The molecule has 39 heavy (non-hydrogen) atoms. The van der Waals surface area contributed by atoms with Crippen molar-refractivity contribution in [2.24, 2.45) is 29.4 Å². The number of aromatic hydroxyl groups is 1. The lowest BCUT2D eigenvalue weighted by Gasteiger charge is -2.48. The van der Waals surface area contributed by atoms with Gasteiger partial charge in [-0.1, -0.05) is 42.5 Å². The van der Waals surface area contributed by atoms with Crippen LogP contribution in [0, 0.1) is 23.7 Å². The van der Waals surface area contributed by atoms with Crippen molar-refractivity contribution in [1.82, 2.24) is 0 Å². The number of amides is 1. The van der Waals surface area contributed by atoms with Crippen LogP contribution in [0.4, 0.5) is 0 Å². The fourth-order valence-electron chi connectivity index (χ4n) is 6.88. The van der Waals surface area contributed by atoms with Gasteiger partial charge in [-0.05, 0) is 52.3 Å². The second-order valence-corrected chi connectivity index (χ2v) is 10.6. The van der Waals surface area contributed by atoms with E-state index < -0.39 is 64.7 Å². The molecule has 0 spiro atoms. The molecule has 6 rings (SSSR count). The summed E-state index contributed by atoms with van der Waals surface area (Å²) in [6.45, 7) is 0. The van der Waals surface area contributed by atoms with Crippen LogP contribution in [-0.2, 0) is 25.6 Å². The maximum Gasteiger partial charge on any atom is 0.235 e. The summed E-state index contributed by atoms with van der Waals surface area (Å²) in [7, 11) is 0. The molecule has 0 aromatic heterocycles. The summed E-state index contributed by atoms with van der Waals surface area (Å²) in [5, 5.41) is 23.6. The lowest BCUT2D eigenvalue weighted by molar-refractivity contribution is -0.175. The number of benzene rings is 3. The fourth-order valence-corrected chi connectivity index (χ4v) is 6.88. The van der Waals surface area contributed by atoms with E-state index in [1.165, 1.54) is 6.07 Å². The third kappa shape index (κ3) is 3.29. The van der Waals surface area contributed by atoms with Gasteiger partial charge in [0, 0.05) is 17.9 Å². The van der Waals surface area contributed by atoms with Crippen LogP contribution in [0.15, 0.2) is 48.5 Å². The summed E-state index contributed by atoms with van der Waals surface area (Å²) >= 11 is 0. The zero-order chi connectivity index (χ0) is 27.8. The van der Waals surface area contributed by atoms with E-state index in [2.05, 4.69) is 0 Å². The summed E-state index contributed by atoms with van der Waals surface area (Å²) in [6.07, 6.45) is 0.549. The number of primary amides is 1. The highest BCUT2D eigenvalue weighted by Gasteiger charge is 2.66. The number of fused-ring (bicyclic) bond motifs is 4. The monoisotopic (exact) mass is 525 g/mol. The van der Waals surface area contributed by atoms with Crippen molar-refractivity contribution in [3.63, 3.8) is 0 Å². The Bertz CT molecular complexity index is 1670. The summed E-state index contributed by atoms with van der Waals surface area (Å²) in [5.74, 6) is -10.5. The van der Waals surface area contributed by atoms with Crippen molar-refractivity contribution in [2.45, 2.75) is 24.9 Å². The number of carbonyl (C=O) groups excluding carboxylic acids is 6. The van der Waals surface area contributed by atoms with Crippen LogP contribution < -0.4 is 5.73 Å². The average Bonchev–Trinajstić information content (AvgIpc) is 2.90. The Balaban J connectivity index is 1.50. The van der Waals surface area contributed by atoms with Gasteiger partial charge in [-0.3, -0.25) is 28.8 Å². The number of phenols is 1. The summed E-state index contributed by atoms with van der Waals surface area (Å²) < 4.78 is 0. The average molecular weight is 526 g/mol. The Morgan fingerprint density at radius 2 is 1.62 bits per heavy atom. The predicted molar refractivity (Wildman–Crippen MR) is 137 cm³/mol. The van der Waals surface area contributed by atoms with E-state index in [9.17, 15) is 39.0 Å². The van der Waals surface area contributed by atoms with Gasteiger partial charge < -0.3 is 15.9 Å². The molecule has 2 unspecified atom stereocenters. The lowest BCUT2D eigenvalue weighted by Crippen LogP contribution is -2.68. The van der Waals surface area contributed by atoms with Gasteiger partial charge in [0.15, 0.2) is 40.9 Å². The number of aliphatic hydroxyl groups is 1. The molecule has 0 saturated heterocycles. The van der Waals surface area contributed by atoms with Crippen LogP contribution in [0.1, 0.15) is 39.1 Å². The number of hydrogen-bond donors (Lipinski definition) is 3. The Morgan fingerprint density at radius 1 is 0.923 bits per heavy atom. The summed E-state index contributed by atoms with van der Waals surface area (Å²) in [6, 6.07) is 13.8. The van der Waals surface area contributed by atoms with Gasteiger partial charge in [0.2, 0.25) is 5.91 Å². The minimum atomic E-state index is -2.68. The molecule has 9 nitrogen and oxygen atoms in total. The van der Waals surface area contributed by atoms with E-state index >= 15 is 0 Å². The number of carbonyl (C=O) groups is 6. The number of hydrogen-bond acceptors (Lipinski definition) is 8. The topological polar surface area (TPSA) is 169 Å². The number of ketones is 4. The molecule has 4 N–H and O–H groups in total. The maximum absolute atomic E-state index is 13.8. The SMILES string of the molecule is NC(=O)C1C(=O)C[C@@H]2C[C@@H]3Cc4c(-c5ccc(C=O)c6ccccc56)ccc(O)c4C(=O)C3C(=O)[C@]2(O)C1=O. The number of aldehydes is 1. The summed E-state index contributed by atoms with van der Waals surface area (Å²) in [4.78, 5) is 76.5. The van der Waals surface area contributed by atoms with E-state index in [1.807, 2.05) is 24.3 Å². The molecule has 2 fully saturated rings. The van der Waals surface area contributed by atoms with Crippen LogP contribution in [0.2, 0.25) is 0 Å². The van der Waals surface area contributed by atoms with E-state index in [-0.39, 0.29) is 24.2 Å². The normalized spacial score (nSPS) is 28.0. The molecule has 2 saturated carbocycles. The minimum absolute atomic E-state index is 0.0149. The largest absolute Gasteiger partial charge is 0.507 e. The Kier molecular flexibility index (Phi) is 5.41. The van der Waals surface area contributed by atoms with Gasteiger partial charge in [-0.15, -0.1) is 0 Å². The summed E-state index contributed by atoms with van der Waals surface area (Å²) in [5.41, 5.74) is 4.84. The standard InChI is InChI=1S/C30H23NO8/c31-29(38)25-22(34)11-15-9-14-10-20-19(18-6-5-13(12-32)16-3-1-2-4-17(16)18)7-8-21(33)24(20)26(35)23(14)27(36)30(15,39)28(25)37/h1-8,12,14-15,23,25,33,39H,9-11H2,(H2,31,38)/t14-,15+,23?,25?,30+/m1/s1. The second-order valence-electron chi connectivity index (χ2n) is 10.6. The van der Waals surface area contributed by atoms with E-state index in [0.717, 1.165) is 17.2 Å². The molecule has 3 aromatic rings. The molecule has 3 aliphatic rings. The van der Waals surface area contributed by atoms with Crippen LogP contribution in [0.25, 0.3) is 21.9 Å². The quantitative estimate of drug-likeness (QED) is 0.344. The van der Waals surface area contributed by atoms with Crippen molar-refractivity contribution < 1.29 is 39.0 Å². The first-order chi connectivity index (χ1) is 18.6. The van der Waals surface area contributed by atoms with Crippen LogP contribution >= 0.6 is 0 Å². The van der Waals surface area contributed by atoms with Crippen molar-refractivity contribution in [3.8, 4) is 16.9 Å². The molecule has 1 amide bonds. The molecule has 3 aliphatic carbocycles. The highest BCUT2D eigenvalue weighted by Crippen LogP contribution is 2.51. The molecule has 196 valence electrons. The van der Waals surface area contributed by atoms with Gasteiger partial charge >= 0.3 is 0 Å². The van der Waals surface area contributed by atoms with E-state index in [4.69, 9.17) is 5.73 Å². The highest BCUT2D eigenvalue weighted by atomic mass is 16.3. The molecule has 0 radical (unpaired) electrons. The molecular weight excluding hydrogens is 502 g/mol. The third-order valence-electron chi connectivity index (χ3n) is 8.66. The highest BCUT2D eigenvalue weighted by molar-refractivity contribution is 6.31. The predicted octanol–water partition coefficient (Wildman–Crippen LogP) is 1.96. The first kappa shape index (κ1) is 24.8. The molecule has 3 aromatic carbocycles. The first-order valence-electron chi connectivity index (χ1n) is 12.6. The molecule has 5 atom stereocenters. The number of nitrogens with two attached hydrogens (primary N) is 1. The van der Waals surface area contributed by atoms with Crippen LogP contribution in [-0.4, -0.2) is 51.1 Å². The molecule has 0 heterocycles. The van der Waals surface area contributed by atoms with Gasteiger partial charge in [-0.25, -0.2) is 0 Å². The van der Waals surface area contributed by atoms with E-state index in [0.29, 0.717) is 22.1 Å². The van der Waals surface area contributed by atoms with Crippen LogP contribution in [0.3, 0.4) is 0 Å². The van der Waals surface area contributed by atoms with Gasteiger partial charge in [0.05, 0.1) is 11.5 Å². The fraction of sp³-hybridized carbons (Fsp3) is 0.267. The smallest absolute Gasteiger partial charge is 0.235 e. The minimum Gasteiger partial charge on any atom is -0.507 e. The molecule has 9 heteroatoms. The van der Waals surface area contributed by atoms with E-state index in [1.54, 1.807) is 18.2 Å². The van der Waals surface area contributed by atoms with Gasteiger partial charge in [-0.2, -0.15) is 0 Å². The Hall–Kier alpha value is -4.50. The van der Waals surface area contributed by atoms with Gasteiger partial charge in [0.1, 0.15) is 5.75 Å². The number of rotatable bonds is 3. The third-order valence-corrected chi connectivity index (χ3v) is 8.66.